The highest BCUT2D eigenvalue weighted by Gasteiger charge is 2.17. The summed E-state index contributed by atoms with van der Waals surface area (Å²) in [4.78, 5) is 0. The van der Waals surface area contributed by atoms with Gasteiger partial charge in [0.2, 0.25) is 10.0 Å². The molecule has 3 N–H and O–H groups in total. The Bertz CT molecular complexity index is 207. The fourth-order valence-corrected chi connectivity index (χ4v) is 2.19. The zero-order valence-electron chi connectivity index (χ0n) is 6.41. The van der Waals surface area contributed by atoms with E-state index in [9.17, 15) is 8.42 Å². The van der Waals surface area contributed by atoms with Crippen molar-refractivity contribution in [1.29, 1.82) is 0 Å². The molecule has 1 heterocycles. The highest BCUT2D eigenvalue weighted by molar-refractivity contribution is 7.89. The summed E-state index contributed by atoms with van der Waals surface area (Å²) < 4.78 is 21.3. The molecule has 1 saturated heterocycles. The second kappa shape index (κ2) is 3.51. The zero-order valence-corrected chi connectivity index (χ0v) is 7.23. The molecule has 1 rings (SSSR count). The summed E-state index contributed by atoms with van der Waals surface area (Å²) in [5.41, 5.74) is 0. The van der Waals surface area contributed by atoms with Crippen LogP contribution < -0.4 is 10.5 Å². The van der Waals surface area contributed by atoms with Gasteiger partial charge in [-0.1, -0.05) is 6.42 Å². The van der Waals surface area contributed by atoms with Crippen LogP contribution in [-0.4, -0.2) is 26.8 Å². The first-order chi connectivity index (χ1) is 5.08. The standard InChI is InChI=1S/C6H14N2O2S/c7-11(9,10)5-6-3-1-2-4-8-6/h6,8H,1-5H2,(H2,7,9,10). The lowest BCUT2D eigenvalue weighted by molar-refractivity contribution is 0.423. The smallest absolute Gasteiger partial charge is 0.210 e. The van der Waals surface area contributed by atoms with Crippen molar-refractivity contribution in [2.45, 2.75) is 25.3 Å². The minimum absolute atomic E-state index is 0.0764. The van der Waals surface area contributed by atoms with Crippen LogP contribution in [-0.2, 0) is 10.0 Å². The first-order valence-electron chi connectivity index (χ1n) is 3.82. The van der Waals surface area contributed by atoms with Gasteiger partial charge < -0.3 is 5.32 Å². The van der Waals surface area contributed by atoms with E-state index in [-0.39, 0.29) is 11.8 Å². The number of nitrogens with two attached hydrogens (primary N) is 1. The van der Waals surface area contributed by atoms with Crippen LogP contribution in [0.4, 0.5) is 0 Å². The molecule has 1 unspecified atom stereocenters. The first-order valence-corrected chi connectivity index (χ1v) is 5.53. The van der Waals surface area contributed by atoms with E-state index < -0.39 is 10.0 Å². The van der Waals surface area contributed by atoms with Crippen LogP contribution in [0.1, 0.15) is 19.3 Å². The van der Waals surface area contributed by atoms with Gasteiger partial charge in [-0.15, -0.1) is 0 Å². The summed E-state index contributed by atoms with van der Waals surface area (Å²) in [6.07, 6.45) is 3.17. The number of piperidine rings is 1. The molecule has 66 valence electrons. The average molecular weight is 178 g/mol. The molecule has 11 heavy (non-hydrogen) atoms. The number of primary sulfonamides is 1. The largest absolute Gasteiger partial charge is 0.313 e. The third-order valence-electron chi connectivity index (χ3n) is 1.85. The highest BCUT2D eigenvalue weighted by Crippen LogP contribution is 2.07. The summed E-state index contributed by atoms with van der Waals surface area (Å²) in [7, 11) is -3.29. The van der Waals surface area contributed by atoms with E-state index in [0.29, 0.717) is 0 Å². The van der Waals surface area contributed by atoms with E-state index in [1.807, 2.05) is 0 Å². The minimum atomic E-state index is -3.29. The van der Waals surface area contributed by atoms with Crippen LogP contribution in [0.3, 0.4) is 0 Å². The van der Waals surface area contributed by atoms with Crippen molar-refractivity contribution in [2.75, 3.05) is 12.3 Å². The molecular weight excluding hydrogens is 164 g/mol. The molecular formula is C6H14N2O2S. The van der Waals surface area contributed by atoms with E-state index >= 15 is 0 Å². The minimum Gasteiger partial charge on any atom is -0.313 e. The van der Waals surface area contributed by atoms with Gasteiger partial charge in [0, 0.05) is 6.04 Å². The molecule has 0 saturated carbocycles. The van der Waals surface area contributed by atoms with E-state index in [0.717, 1.165) is 25.8 Å². The molecule has 5 heteroatoms. The Kier molecular flexibility index (Phi) is 2.86. The molecule has 0 amide bonds. The van der Waals surface area contributed by atoms with Gasteiger partial charge in [0.25, 0.3) is 0 Å². The number of sulfonamides is 1. The number of rotatable bonds is 2. The first kappa shape index (κ1) is 8.96. The maximum Gasteiger partial charge on any atom is 0.210 e. The summed E-state index contributed by atoms with van der Waals surface area (Å²) in [5, 5.41) is 8.01. The van der Waals surface area contributed by atoms with E-state index in [2.05, 4.69) is 5.32 Å². The number of hydrogen-bond donors (Lipinski definition) is 2. The summed E-state index contributed by atoms with van der Waals surface area (Å²) in [6.45, 7) is 0.917. The Balaban J connectivity index is 2.36. The van der Waals surface area contributed by atoms with E-state index in [4.69, 9.17) is 5.14 Å². The topological polar surface area (TPSA) is 72.2 Å². The third kappa shape index (κ3) is 3.69. The van der Waals surface area contributed by atoms with Crippen LogP contribution in [0.15, 0.2) is 0 Å². The predicted octanol–water partition coefficient (Wildman–Crippen LogP) is -0.583. The molecule has 0 bridgehead atoms. The van der Waals surface area contributed by atoms with Crippen LogP contribution in [0.25, 0.3) is 0 Å². The van der Waals surface area contributed by atoms with Gasteiger partial charge in [-0.05, 0) is 19.4 Å². The van der Waals surface area contributed by atoms with Crippen molar-refractivity contribution in [3.63, 3.8) is 0 Å². The van der Waals surface area contributed by atoms with Crippen molar-refractivity contribution in [3.05, 3.63) is 0 Å². The van der Waals surface area contributed by atoms with E-state index in [1.165, 1.54) is 0 Å². The zero-order chi connectivity index (χ0) is 8.32. The lowest BCUT2D eigenvalue weighted by Gasteiger charge is -2.21. The Morgan fingerprint density at radius 2 is 2.18 bits per heavy atom. The molecule has 1 aliphatic heterocycles. The van der Waals surface area contributed by atoms with Crippen molar-refractivity contribution < 1.29 is 8.42 Å². The van der Waals surface area contributed by atoms with Crippen molar-refractivity contribution in [3.8, 4) is 0 Å². The van der Waals surface area contributed by atoms with Crippen LogP contribution in [0, 0.1) is 0 Å². The van der Waals surface area contributed by atoms with Gasteiger partial charge >= 0.3 is 0 Å². The normalized spacial score (nSPS) is 26.8. The van der Waals surface area contributed by atoms with Crippen LogP contribution in [0.2, 0.25) is 0 Å². The molecule has 1 atom stereocenters. The average Bonchev–Trinajstić information content (AvgIpc) is 1.85. The maximum absolute atomic E-state index is 10.6. The van der Waals surface area contributed by atoms with Gasteiger partial charge in [0.15, 0.2) is 0 Å². The fourth-order valence-electron chi connectivity index (χ4n) is 1.35. The van der Waals surface area contributed by atoms with Crippen LogP contribution >= 0.6 is 0 Å². The predicted molar refractivity (Wildman–Crippen MR) is 43.6 cm³/mol. The van der Waals surface area contributed by atoms with Crippen LogP contribution in [0.5, 0.6) is 0 Å². The Labute approximate surface area is 67.2 Å². The Hall–Kier alpha value is -0.130. The summed E-state index contributed by atoms with van der Waals surface area (Å²) >= 11 is 0. The molecule has 0 radical (unpaired) electrons. The number of hydrogen-bond acceptors (Lipinski definition) is 3. The summed E-state index contributed by atoms with van der Waals surface area (Å²) in [6, 6.07) is 0.0822. The van der Waals surface area contributed by atoms with Crippen molar-refractivity contribution in [1.82, 2.24) is 5.32 Å². The van der Waals surface area contributed by atoms with Gasteiger partial charge in [-0.2, -0.15) is 0 Å². The fraction of sp³-hybridized carbons (Fsp3) is 1.00. The lowest BCUT2D eigenvalue weighted by atomic mass is 10.1. The van der Waals surface area contributed by atoms with Gasteiger partial charge in [0.05, 0.1) is 5.75 Å². The molecule has 1 aliphatic rings. The molecule has 0 aromatic rings. The lowest BCUT2D eigenvalue weighted by Crippen LogP contribution is -2.41. The molecule has 4 nitrogen and oxygen atoms in total. The second-order valence-electron chi connectivity index (χ2n) is 2.98. The van der Waals surface area contributed by atoms with Crippen molar-refractivity contribution >= 4 is 10.0 Å². The number of nitrogens with one attached hydrogen (secondary N) is 1. The van der Waals surface area contributed by atoms with Gasteiger partial charge in [-0.25, -0.2) is 13.6 Å². The van der Waals surface area contributed by atoms with Gasteiger partial charge in [-0.3, -0.25) is 0 Å². The quantitative estimate of drug-likeness (QED) is 0.594. The molecule has 0 aliphatic carbocycles. The Morgan fingerprint density at radius 1 is 1.45 bits per heavy atom. The maximum atomic E-state index is 10.6. The highest BCUT2D eigenvalue weighted by atomic mass is 32.2. The molecule has 0 spiro atoms. The molecule has 0 aromatic heterocycles. The van der Waals surface area contributed by atoms with Gasteiger partial charge in [0.1, 0.15) is 0 Å². The second-order valence-corrected chi connectivity index (χ2v) is 4.64. The molecule has 1 fully saturated rings. The molecule has 0 aromatic carbocycles. The van der Waals surface area contributed by atoms with E-state index in [1.54, 1.807) is 0 Å². The monoisotopic (exact) mass is 178 g/mol. The summed E-state index contributed by atoms with van der Waals surface area (Å²) in [5.74, 6) is 0.0764. The third-order valence-corrected chi connectivity index (χ3v) is 2.71. The Morgan fingerprint density at radius 3 is 2.64 bits per heavy atom. The SMILES string of the molecule is NS(=O)(=O)CC1CCCCN1. The van der Waals surface area contributed by atoms with Crippen molar-refractivity contribution in [2.24, 2.45) is 5.14 Å².